The Balaban J connectivity index is 2.51. The molecule has 0 aliphatic rings. The summed E-state index contributed by atoms with van der Waals surface area (Å²) in [7, 11) is -7.54. The van der Waals surface area contributed by atoms with E-state index in [0.29, 0.717) is 0 Å². The fraction of sp³-hybridized carbons (Fsp3) is 0.467. The summed E-state index contributed by atoms with van der Waals surface area (Å²) in [5.41, 5.74) is -0.864. The first kappa shape index (κ1) is 23.7. The average molecular weight is 464 g/mol. The third kappa shape index (κ3) is 6.72. The summed E-state index contributed by atoms with van der Waals surface area (Å²) in [6, 6.07) is 2.36. The van der Waals surface area contributed by atoms with Gasteiger partial charge in [-0.25, -0.2) is 4.98 Å². The molecule has 0 bridgehead atoms. The van der Waals surface area contributed by atoms with Crippen molar-refractivity contribution >= 4 is 42.5 Å². The number of aryl methyl sites for hydroxylation is 1. The number of anilines is 1. The van der Waals surface area contributed by atoms with E-state index < -0.39 is 36.4 Å². The summed E-state index contributed by atoms with van der Waals surface area (Å²) in [6.07, 6.45) is 1.69. The lowest BCUT2D eigenvalue weighted by Gasteiger charge is -2.24. The van der Waals surface area contributed by atoms with E-state index in [1.807, 2.05) is 0 Å². The largest absolute Gasteiger partial charge is 0.361 e. The number of fused-ring (bicyclic) bond motifs is 1. The number of aromatic nitrogens is 2. The number of nitro benzene ring substituents is 1. The fourth-order valence-corrected chi connectivity index (χ4v) is 3.38. The first-order chi connectivity index (χ1) is 13.8. The molecule has 0 saturated carbocycles. The van der Waals surface area contributed by atoms with Gasteiger partial charge in [-0.3, -0.25) is 23.3 Å². The number of nitro groups is 1. The van der Waals surface area contributed by atoms with Crippen molar-refractivity contribution in [3.05, 3.63) is 38.4 Å². The summed E-state index contributed by atoms with van der Waals surface area (Å²) in [4.78, 5) is 31.1. The van der Waals surface area contributed by atoms with Crippen LogP contribution in [0.15, 0.2) is 16.9 Å². The first-order valence-corrected chi connectivity index (χ1v) is 12.0. The summed E-state index contributed by atoms with van der Waals surface area (Å²) >= 11 is 0. The van der Waals surface area contributed by atoms with Gasteiger partial charge < -0.3 is 9.88 Å². The van der Waals surface area contributed by atoms with Crippen molar-refractivity contribution in [3.8, 4) is 0 Å². The number of H-pyrrole nitrogens is 1. The number of hydrogen-bond donors (Lipinski definition) is 1. The van der Waals surface area contributed by atoms with Crippen molar-refractivity contribution in [2.24, 2.45) is 0 Å². The highest BCUT2D eigenvalue weighted by Gasteiger charge is 2.23. The zero-order chi connectivity index (χ0) is 22.7. The molecular formula is C15H20N4O9S2. The first-order valence-electron chi connectivity index (χ1n) is 8.39. The van der Waals surface area contributed by atoms with Crippen LogP contribution in [0.5, 0.6) is 0 Å². The Bertz CT molecular complexity index is 1180. The minimum absolute atomic E-state index is 0.0437. The van der Waals surface area contributed by atoms with Gasteiger partial charge in [0.05, 0.1) is 41.6 Å². The van der Waals surface area contributed by atoms with Gasteiger partial charge in [-0.15, -0.1) is 0 Å². The smallest absolute Gasteiger partial charge is 0.294 e. The van der Waals surface area contributed by atoms with Crippen LogP contribution in [-0.4, -0.2) is 70.5 Å². The normalized spacial score (nSPS) is 12.2. The third-order valence-electron chi connectivity index (χ3n) is 3.77. The molecule has 0 spiro atoms. The SMILES string of the molecule is Cc1nc2cc([N+](=O)[O-])c(N(CCOS(C)(=O)=O)CCOS(C)(=O)=O)cc2c(=O)[nH]1. The van der Waals surface area contributed by atoms with Crippen LogP contribution in [-0.2, 0) is 28.6 Å². The fourth-order valence-electron chi connectivity index (χ4n) is 2.63. The van der Waals surface area contributed by atoms with Crippen molar-refractivity contribution in [1.29, 1.82) is 0 Å². The van der Waals surface area contributed by atoms with Crippen LogP contribution in [0.1, 0.15) is 5.82 Å². The van der Waals surface area contributed by atoms with Crippen LogP contribution < -0.4 is 10.5 Å². The molecule has 166 valence electrons. The van der Waals surface area contributed by atoms with E-state index in [2.05, 4.69) is 18.3 Å². The van der Waals surface area contributed by atoms with Gasteiger partial charge in [0.15, 0.2) is 0 Å². The number of hydrogen-bond acceptors (Lipinski definition) is 11. The van der Waals surface area contributed by atoms with Crippen LogP contribution in [0, 0.1) is 17.0 Å². The van der Waals surface area contributed by atoms with Gasteiger partial charge in [0.25, 0.3) is 31.5 Å². The lowest BCUT2D eigenvalue weighted by atomic mass is 10.1. The average Bonchev–Trinajstić information content (AvgIpc) is 2.57. The van der Waals surface area contributed by atoms with Crippen LogP contribution in [0.4, 0.5) is 11.4 Å². The lowest BCUT2D eigenvalue weighted by Crippen LogP contribution is -2.32. The standard InChI is InChI=1S/C15H20N4O9S2/c1-10-16-12-9-14(19(21)22)13(8-11(12)15(20)17-10)18(4-6-27-29(2,23)24)5-7-28-30(3,25)26/h8-9H,4-7H2,1-3H3,(H,16,17,20). The highest BCUT2D eigenvalue weighted by atomic mass is 32.2. The Morgan fingerprint density at radius 3 is 2.10 bits per heavy atom. The van der Waals surface area contributed by atoms with Crippen molar-refractivity contribution in [2.75, 3.05) is 43.7 Å². The maximum absolute atomic E-state index is 12.3. The predicted octanol–water partition coefficient (Wildman–Crippen LogP) is -0.101. The quantitative estimate of drug-likeness (QED) is 0.282. The Hall–Kier alpha value is -2.62. The van der Waals surface area contributed by atoms with Gasteiger partial charge in [-0.2, -0.15) is 16.8 Å². The second-order valence-corrected chi connectivity index (χ2v) is 9.59. The van der Waals surface area contributed by atoms with E-state index in [4.69, 9.17) is 0 Å². The number of nitrogens with zero attached hydrogens (tertiary/aromatic N) is 3. The van der Waals surface area contributed by atoms with Gasteiger partial charge in [0, 0.05) is 19.2 Å². The minimum Gasteiger partial charge on any atom is -0.361 e. The zero-order valence-corrected chi connectivity index (χ0v) is 17.9. The molecule has 13 nitrogen and oxygen atoms in total. The summed E-state index contributed by atoms with van der Waals surface area (Å²) in [5.74, 6) is 0.273. The molecule has 0 radical (unpaired) electrons. The van der Waals surface area contributed by atoms with Gasteiger partial charge in [0.1, 0.15) is 11.5 Å². The monoisotopic (exact) mass is 464 g/mol. The highest BCUT2D eigenvalue weighted by molar-refractivity contribution is 7.86. The van der Waals surface area contributed by atoms with E-state index in [0.717, 1.165) is 18.6 Å². The molecule has 0 amide bonds. The summed E-state index contributed by atoms with van der Waals surface area (Å²) in [5, 5.41) is 11.7. The van der Waals surface area contributed by atoms with Crippen LogP contribution >= 0.6 is 0 Å². The molecule has 1 heterocycles. The van der Waals surface area contributed by atoms with Crippen molar-refractivity contribution in [2.45, 2.75) is 6.92 Å². The maximum Gasteiger partial charge on any atom is 0.294 e. The zero-order valence-electron chi connectivity index (χ0n) is 16.3. The highest BCUT2D eigenvalue weighted by Crippen LogP contribution is 2.31. The Morgan fingerprint density at radius 2 is 1.63 bits per heavy atom. The second-order valence-electron chi connectivity index (χ2n) is 6.31. The van der Waals surface area contributed by atoms with Gasteiger partial charge in [0.2, 0.25) is 0 Å². The molecule has 1 aromatic heterocycles. The number of aromatic amines is 1. The van der Waals surface area contributed by atoms with Crippen LogP contribution in [0.2, 0.25) is 0 Å². The molecule has 0 saturated heterocycles. The number of nitrogens with one attached hydrogen (secondary N) is 1. The van der Waals surface area contributed by atoms with Gasteiger partial charge >= 0.3 is 0 Å². The summed E-state index contributed by atoms with van der Waals surface area (Å²) < 4.78 is 54.2. The van der Waals surface area contributed by atoms with Gasteiger partial charge in [-0.05, 0) is 13.0 Å². The Kier molecular flexibility index (Phi) is 7.12. The maximum atomic E-state index is 12.3. The lowest BCUT2D eigenvalue weighted by molar-refractivity contribution is -0.384. The minimum atomic E-state index is -3.77. The molecule has 0 fully saturated rings. The number of rotatable bonds is 10. The molecule has 2 rings (SSSR count). The van der Waals surface area contributed by atoms with Crippen LogP contribution in [0.3, 0.4) is 0 Å². The Morgan fingerprint density at radius 1 is 1.10 bits per heavy atom. The third-order valence-corrected chi connectivity index (χ3v) is 4.96. The molecule has 0 unspecified atom stereocenters. The van der Waals surface area contributed by atoms with E-state index >= 15 is 0 Å². The molecule has 1 aromatic carbocycles. The van der Waals surface area contributed by atoms with Gasteiger partial charge in [-0.1, -0.05) is 0 Å². The molecule has 30 heavy (non-hydrogen) atoms. The predicted molar refractivity (Wildman–Crippen MR) is 108 cm³/mol. The Labute approximate surface area is 172 Å². The second kappa shape index (κ2) is 9.03. The molecule has 15 heteroatoms. The van der Waals surface area contributed by atoms with E-state index in [1.54, 1.807) is 0 Å². The van der Waals surface area contributed by atoms with E-state index in [1.165, 1.54) is 17.9 Å². The van der Waals surface area contributed by atoms with Crippen molar-refractivity contribution in [1.82, 2.24) is 9.97 Å². The van der Waals surface area contributed by atoms with Crippen molar-refractivity contribution in [3.63, 3.8) is 0 Å². The van der Waals surface area contributed by atoms with E-state index in [9.17, 15) is 31.7 Å². The molecule has 0 aliphatic carbocycles. The molecule has 1 N–H and O–H groups in total. The molecule has 2 aromatic rings. The van der Waals surface area contributed by atoms with E-state index in [-0.39, 0.29) is 48.7 Å². The van der Waals surface area contributed by atoms with Crippen molar-refractivity contribution < 1.29 is 30.1 Å². The molecular weight excluding hydrogens is 444 g/mol. The summed E-state index contributed by atoms with van der Waals surface area (Å²) in [6.45, 7) is 0.468. The topological polar surface area (TPSA) is 179 Å². The molecule has 0 atom stereocenters. The molecule has 0 aliphatic heterocycles. The number of benzene rings is 1. The van der Waals surface area contributed by atoms with Crippen LogP contribution in [0.25, 0.3) is 10.9 Å².